The molecule has 0 saturated carbocycles. The average molecular weight is 206 g/mol. The lowest BCUT2D eigenvalue weighted by Gasteiger charge is -2.03. The Bertz CT molecular complexity index is 399. The number of imidazole rings is 1. The van der Waals surface area contributed by atoms with Gasteiger partial charge in [0.15, 0.2) is 5.16 Å². The van der Waals surface area contributed by atoms with Crippen LogP contribution in [0.1, 0.15) is 5.56 Å². The second-order valence-electron chi connectivity index (χ2n) is 2.68. The van der Waals surface area contributed by atoms with Gasteiger partial charge in [-0.25, -0.2) is 4.98 Å². The predicted molar refractivity (Wildman–Crippen MR) is 54.8 cm³/mol. The lowest BCUT2D eigenvalue weighted by Crippen LogP contribution is -1.98. The van der Waals surface area contributed by atoms with Crippen LogP contribution in [0.4, 0.5) is 0 Å². The fourth-order valence-electron chi connectivity index (χ4n) is 1.08. The minimum Gasteiger partial charge on any atom is -0.339 e. The van der Waals surface area contributed by atoms with Crippen molar-refractivity contribution in [1.82, 2.24) is 15.0 Å². The molecule has 0 amide bonds. The number of aromatic nitrogens is 3. The Kier molecular flexibility index (Phi) is 2.81. The first-order valence-electron chi connectivity index (χ1n) is 4.20. The molecule has 4 nitrogen and oxygen atoms in total. The molecule has 2 aromatic rings. The highest BCUT2D eigenvalue weighted by atomic mass is 32.2. The van der Waals surface area contributed by atoms with Crippen LogP contribution < -0.4 is 5.73 Å². The van der Waals surface area contributed by atoms with Gasteiger partial charge in [-0.15, -0.1) is 0 Å². The van der Waals surface area contributed by atoms with E-state index in [2.05, 4.69) is 15.0 Å². The van der Waals surface area contributed by atoms with E-state index in [9.17, 15) is 0 Å². The van der Waals surface area contributed by atoms with Crippen LogP contribution in [0.2, 0.25) is 0 Å². The molecule has 0 fully saturated rings. The van der Waals surface area contributed by atoms with Gasteiger partial charge in [0.05, 0.1) is 0 Å². The third-order valence-electron chi connectivity index (χ3n) is 1.77. The molecule has 0 aliphatic heterocycles. The molecule has 2 rings (SSSR count). The highest BCUT2D eigenvalue weighted by Crippen LogP contribution is 2.26. The lowest BCUT2D eigenvalue weighted by atomic mass is 10.3. The highest BCUT2D eigenvalue weighted by Gasteiger charge is 2.03. The molecule has 0 bridgehead atoms. The van der Waals surface area contributed by atoms with Gasteiger partial charge in [-0.3, -0.25) is 4.98 Å². The van der Waals surface area contributed by atoms with Gasteiger partial charge in [0.2, 0.25) is 0 Å². The summed E-state index contributed by atoms with van der Waals surface area (Å²) >= 11 is 1.54. The van der Waals surface area contributed by atoms with E-state index >= 15 is 0 Å². The van der Waals surface area contributed by atoms with E-state index < -0.39 is 0 Å². The summed E-state index contributed by atoms with van der Waals surface area (Å²) in [5.41, 5.74) is 6.69. The van der Waals surface area contributed by atoms with Crippen LogP contribution in [-0.4, -0.2) is 15.0 Å². The van der Waals surface area contributed by atoms with Gasteiger partial charge >= 0.3 is 0 Å². The van der Waals surface area contributed by atoms with Crippen molar-refractivity contribution in [2.45, 2.75) is 16.6 Å². The maximum atomic E-state index is 5.61. The monoisotopic (exact) mass is 206 g/mol. The normalized spacial score (nSPS) is 10.4. The fourth-order valence-corrected chi connectivity index (χ4v) is 1.92. The van der Waals surface area contributed by atoms with Crippen molar-refractivity contribution < 1.29 is 0 Å². The maximum Gasteiger partial charge on any atom is 0.170 e. The minimum atomic E-state index is 0.519. The summed E-state index contributed by atoms with van der Waals surface area (Å²) in [4.78, 5) is 12.2. The Balaban J connectivity index is 2.24. The van der Waals surface area contributed by atoms with Crippen LogP contribution in [-0.2, 0) is 6.54 Å². The Hall–Kier alpha value is -1.33. The number of nitrogens with zero attached hydrogens (tertiary/aromatic N) is 2. The molecule has 14 heavy (non-hydrogen) atoms. The second kappa shape index (κ2) is 4.26. The molecular weight excluding hydrogens is 196 g/mol. The topological polar surface area (TPSA) is 67.6 Å². The first-order valence-corrected chi connectivity index (χ1v) is 5.02. The van der Waals surface area contributed by atoms with Crippen LogP contribution in [0.3, 0.4) is 0 Å². The van der Waals surface area contributed by atoms with E-state index in [4.69, 9.17) is 5.73 Å². The lowest BCUT2D eigenvalue weighted by molar-refractivity contribution is 0.994. The number of aromatic amines is 1. The standard InChI is InChI=1S/C9H10N4S/c10-5-7-1-2-11-6-8(7)14-9-12-3-4-13-9/h1-4,6H,5,10H2,(H,12,13). The smallest absolute Gasteiger partial charge is 0.170 e. The van der Waals surface area contributed by atoms with Crippen molar-refractivity contribution in [2.75, 3.05) is 0 Å². The third kappa shape index (κ3) is 1.94. The highest BCUT2D eigenvalue weighted by molar-refractivity contribution is 7.99. The predicted octanol–water partition coefficient (Wildman–Crippen LogP) is 1.41. The Labute approximate surface area is 86.0 Å². The number of pyridine rings is 1. The Morgan fingerprint density at radius 1 is 1.43 bits per heavy atom. The number of nitrogens with two attached hydrogens (primary N) is 1. The minimum absolute atomic E-state index is 0.519. The summed E-state index contributed by atoms with van der Waals surface area (Å²) in [5, 5.41) is 0.854. The van der Waals surface area contributed by atoms with Crippen LogP contribution in [0.5, 0.6) is 0 Å². The van der Waals surface area contributed by atoms with Gasteiger partial charge in [0.1, 0.15) is 0 Å². The van der Waals surface area contributed by atoms with Crippen molar-refractivity contribution in [3.63, 3.8) is 0 Å². The zero-order valence-corrected chi connectivity index (χ0v) is 8.29. The SMILES string of the molecule is NCc1ccncc1Sc1ncc[nH]1. The van der Waals surface area contributed by atoms with Crippen LogP contribution in [0.25, 0.3) is 0 Å². The summed E-state index contributed by atoms with van der Waals surface area (Å²) in [6, 6.07) is 1.92. The molecule has 0 radical (unpaired) electrons. The van der Waals surface area contributed by atoms with Crippen molar-refractivity contribution in [1.29, 1.82) is 0 Å². The summed E-state index contributed by atoms with van der Waals surface area (Å²) in [6.45, 7) is 0.519. The number of hydrogen-bond donors (Lipinski definition) is 2. The first kappa shape index (κ1) is 9.23. The second-order valence-corrected chi connectivity index (χ2v) is 3.71. The van der Waals surface area contributed by atoms with Crippen LogP contribution >= 0.6 is 11.8 Å². The summed E-state index contributed by atoms with van der Waals surface area (Å²) < 4.78 is 0. The van der Waals surface area contributed by atoms with Gasteiger partial charge in [-0.05, 0) is 23.4 Å². The molecule has 0 aliphatic rings. The number of rotatable bonds is 3. The average Bonchev–Trinajstić information content (AvgIpc) is 2.71. The first-order chi connectivity index (χ1) is 6.90. The number of hydrogen-bond acceptors (Lipinski definition) is 4. The van der Waals surface area contributed by atoms with E-state index in [0.717, 1.165) is 15.6 Å². The molecule has 0 saturated heterocycles. The molecule has 0 spiro atoms. The molecule has 0 aromatic carbocycles. The van der Waals surface area contributed by atoms with E-state index in [1.807, 2.05) is 6.07 Å². The molecule has 0 aliphatic carbocycles. The Morgan fingerprint density at radius 3 is 3.07 bits per heavy atom. The third-order valence-corrected chi connectivity index (χ3v) is 2.77. The molecule has 2 heterocycles. The molecule has 3 N–H and O–H groups in total. The van der Waals surface area contributed by atoms with Gasteiger partial charge in [0.25, 0.3) is 0 Å². The summed E-state index contributed by atoms with van der Waals surface area (Å²) in [6.07, 6.45) is 7.06. The van der Waals surface area contributed by atoms with Crippen LogP contribution in [0, 0.1) is 0 Å². The van der Waals surface area contributed by atoms with Crippen molar-refractivity contribution in [3.8, 4) is 0 Å². The molecule has 5 heteroatoms. The van der Waals surface area contributed by atoms with E-state index in [1.54, 1.807) is 24.8 Å². The summed E-state index contributed by atoms with van der Waals surface area (Å²) in [5.74, 6) is 0. The largest absolute Gasteiger partial charge is 0.339 e. The van der Waals surface area contributed by atoms with E-state index in [1.165, 1.54) is 11.8 Å². The molecular formula is C9H10N4S. The zero-order chi connectivity index (χ0) is 9.80. The van der Waals surface area contributed by atoms with Crippen molar-refractivity contribution in [2.24, 2.45) is 5.73 Å². The Morgan fingerprint density at radius 2 is 2.36 bits per heavy atom. The molecule has 0 atom stereocenters. The van der Waals surface area contributed by atoms with Gasteiger partial charge in [-0.2, -0.15) is 0 Å². The molecule has 72 valence electrons. The molecule has 0 unspecified atom stereocenters. The van der Waals surface area contributed by atoms with Gasteiger partial charge in [0, 0.05) is 36.2 Å². The van der Waals surface area contributed by atoms with E-state index in [-0.39, 0.29) is 0 Å². The van der Waals surface area contributed by atoms with Crippen LogP contribution in [0.15, 0.2) is 40.9 Å². The quantitative estimate of drug-likeness (QED) is 0.796. The van der Waals surface area contributed by atoms with Gasteiger partial charge < -0.3 is 10.7 Å². The van der Waals surface area contributed by atoms with Crippen molar-refractivity contribution in [3.05, 3.63) is 36.4 Å². The fraction of sp³-hybridized carbons (Fsp3) is 0.111. The zero-order valence-electron chi connectivity index (χ0n) is 7.47. The molecule has 2 aromatic heterocycles. The maximum absolute atomic E-state index is 5.61. The number of H-pyrrole nitrogens is 1. The number of nitrogens with one attached hydrogen (secondary N) is 1. The summed E-state index contributed by atoms with van der Waals surface area (Å²) in [7, 11) is 0. The van der Waals surface area contributed by atoms with Crippen molar-refractivity contribution >= 4 is 11.8 Å². The van der Waals surface area contributed by atoms with Gasteiger partial charge in [-0.1, -0.05) is 0 Å². The van der Waals surface area contributed by atoms with E-state index in [0.29, 0.717) is 6.54 Å².